The molecule has 1 aromatic heterocycles. The topological polar surface area (TPSA) is 67.2 Å². The van der Waals surface area contributed by atoms with Crippen LogP contribution in [0.5, 0.6) is 5.75 Å². The van der Waals surface area contributed by atoms with Crippen LogP contribution in [0.4, 0.5) is 11.5 Å². The number of benzene rings is 1. The molecule has 1 heterocycles. The minimum atomic E-state index is 0.377. The van der Waals surface area contributed by atoms with Gasteiger partial charge in [0.1, 0.15) is 29.9 Å². The Kier molecular flexibility index (Phi) is 4.93. The van der Waals surface area contributed by atoms with Crippen molar-refractivity contribution < 1.29 is 9.47 Å². The molecule has 0 aliphatic heterocycles. The van der Waals surface area contributed by atoms with E-state index in [4.69, 9.17) is 14.7 Å². The molecule has 2 rings (SSSR count). The number of nitrogens with one attached hydrogen (secondary N) is 1. The minimum Gasteiger partial charge on any atom is -0.491 e. The summed E-state index contributed by atoms with van der Waals surface area (Å²) in [4.78, 5) is 4.16. The summed E-state index contributed by atoms with van der Waals surface area (Å²) in [6.45, 7) is 1.05. The Morgan fingerprint density at radius 3 is 2.85 bits per heavy atom. The Bertz CT molecular complexity index is 608. The van der Waals surface area contributed by atoms with E-state index in [1.807, 2.05) is 30.3 Å². The SMILES string of the molecule is COCCOc1cccc(Nc2cccc(C#N)n2)c1. The van der Waals surface area contributed by atoms with Gasteiger partial charge in [-0.3, -0.25) is 0 Å². The van der Waals surface area contributed by atoms with Crippen molar-refractivity contribution >= 4 is 11.5 Å². The van der Waals surface area contributed by atoms with E-state index in [1.165, 1.54) is 0 Å². The van der Waals surface area contributed by atoms with Crippen molar-refractivity contribution in [3.8, 4) is 11.8 Å². The van der Waals surface area contributed by atoms with Crippen molar-refractivity contribution in [2.75, 3.05) is 25.6 Å². The zero-order chi connectivity index (χ0) is 14.2. The molecule has 0 spiro atoms. The lowest BCUT2D eigenvalue weighted by atomic mass is 10.3. The van der Waals surface area contributed by atoms with Gasteiger partial charge in [0, 0.05) is 18.9 Å². The molecular formula is C15H15N3O2. The highest BCUT2D eigenvalue weighted by molar-refractivity contribution is 5.58. The summed E-state index contributed by atoms with van der Waals surface area (Å²) in [5.41, 5.74) is 1.23. The Hall–Kier alpha value is -2.58. The van der Waals surface area contributed by atoms with E-state index in [1.54, 1.807) is 25.3 Å². The van der Waals surface area contributed by atoms with Crippen LogP contribution in [0.2, 0.25) is 0 Å². The molecule has 20 heavy (non-hydrogen) atoms. The highest BCUT2D eigenvalue weighted by Gasteiger charge is 2.00. The molecule has 5 heteroatoms. The molecule has 0 saturated carbocycles. The third-order valence-corrected chi connectivity index (χ3v) is 2.53. The van der Waals surface area contributed by atoms with Gasteiger partial charge in [-0.2, -0.15) is 5.26 Å². The summed E-state index contributed by atoms with van der Waals surface area (Å²) >= 11 is 0. The zero-order valence-electron chi connectivity index (χ0n) is 11.2. The maximum absolute atomic E-state index is 8.82. The third kappa shape index (κ3) is 3.97. The van der Waals surface area contributed by atoms with Crippen LogP contribution in [0.3, 0.4) is 0 Å². The summed E-state index contributed by atoms with van der Waals surface area (Å²) in [6.07, 6.45) is 0. The first kappa shape index (κ1) is 13.8. The number of nitriles is 1. The average Bonchev–Trinajstić information content (AvgIpc) is 2.48. The molecule has 0 fully saturated rings. The van der Waals surface area contributed by atoms with Gasteiger partial charge in [-0.25, -0.2) is 4.98 Å². The van der Waals surface area contributed by atoms with Crippen molar-refractivity contribution in [1.29, 1.82) is 5.26 Å². The predicted octanol–water partition coefficient (Wildman–Crippen LogP) is 2.72. The number of ether oxygens (including phenoxy) is 2. The van der Waals surface area contributed by atoms with Crippen LogP contribution in [0.15, 0.2) is 42.5 Å². The lowest BCUT2D eigenvalue weighted by Crippen LogP contribution is -2.04. The zero-order valence-corrected chi connectivity index (χ0v) is 11.2. The van der Waals surface area contributed by atoms with E-state index < -0.39 is 0 Å². The second kappa shape index (κ2) is 7.12. The van der Waals surface area contributed by atoms with Crippen LogP contribution in [-0.4, -0.2) is 25.3 Å². The van der Waals surface area contributed by atoms with Gasteiger partial charge in [0.2, 0.25) is 0 Å². The van der Waals surface area contributed by atoms with Gasteiger partial charge in [-0.1, -0.05) is 12.1 Å². The molecule has 0 unspecified atom stereocenters. The van der Waals surface area contributed by atoms with Crippen LogP contribution in [0, 0.1) is 11.3 Å². The highest BCUT2D eigenvalue weighted by atomic mass is 16.5. The second-order valence-electron chi connectivity index (χ2n) is 4.01. The first-order chi connectivity index (χ1) is 9.81. The quantitative estimate of drug-likeness (QED) is 0.817. The number of pyridine rings is 1. The molecule has 0 amide bonds. The van der Waals surface area contributed by atoms with Gasteiger partial charge in [0.15, 0.2) is 0 Å². The van der Waals surface area contributed by atoms with Crippen molar-refractivity contribution in [3.63, 3.8) is 0 Å². The lowest BCUT2D eigenvalue weighted by molar-refractivity contribution is 0.146. The number of hydrogen-bond donors (Lipinski definition) is 1. The maximum atomic E-state index is 8.82. The van der Waals surface area contributed by atoms with Crippen LogP contribution < -0.4 is 10.1 Å². The molecular weight excluding hydrogens is 254 g/mol. The third-order valence-electron chi connectivity index (χ3n) is 2.53. The fourth-order valence-corrected chi connectivity index (χ4v) is 1.62. The van der Waals surface area contributed by atoms with E-state index in [9.17, 15) is 0 Å². The summed E-state index contributed by atoms with van der Waals surface area (Å²) in [6, 6.07) is 14.8. The molecule has 5 nitrogen and oxygen atoms in total. The Morgan fingerprint density at radius 2 is 2.05 bits per heavy atom. The molecule has 1 N–H and O–H groups in total. The summed E-state index contributed by atoms with van der Waals surface area (Å²) in [7, 11) is 1.63. The maximum Gasteiger partial charge on any atom is 0.142 e. The van der Waals surface area contributed by atoms with E-state index in [-0.39, 0.29) is 0 Å². The van der Waals surface area contributed by atoms with E-state index in [0.29, 0.717) is 24.7 Å². The number of anilines is 2. The monoisotopic (exact) mass is 269 g/mol. The normalized spacial score (nSPS) is 9.80. The number of hydrogen-bond acceptors (Lipinski definition) is 5. The van der Waals surface area contributed by atoms with E-state index >= 15 is 0 Å². The first-order valence-corrected chi connectivity index (χ1v) is 6.18. The van der Waals surface area contributed by atoms with Gasteiger partial charge in [0.05, 0.1) is 6.61 Å². The Morgan fingerprint density at radius 1 is 1.20 bits per heavy atom. The fourth-order valence-electron chi connectivity index (χ4n) is 1.62. The molecule has 0 aliphatic carbocycles. The summed E-state index contributed by atoms with van der Waals surface area (Å²) in [5, 5.41) is 12.0. The number of rotatable bonds is 6. The smallest absolute Gasteiger partial charge is 0.142 e. The predicted molar refractivity (Wildman–Crippen MR) is 76.0 cm³/mol. The number of aromatic nitrogens is 1. The van der Waals surface area contributed by atoms with Crippen molar-refractivity contribution in [3.05, 3.63) is 48.2 Å². The lowest BCUT2D eigenvalue weighted by Gasteiger charge is -2.09. The van der Waals surface area contributed by atoms with E-state index in [2.05, 4.69) is 10.3 Å². The molecule has 0 saturated heterocycles. The van der Waals surface area contributed by atoms with Gasteiger partial charge in [-0.15, -0.1) is 0 Å². The van der Waals surface area contributed by atoms with Crippen molar-refractivity contribution in [1.82, 2.24) is 4.98 Å². The summed E-state index contributed by atoms with van der Waals surface area (Å²) in [5.74, 6) is 1.38. The molecule has 1 aromatic carbocycles. The number of nitrogens with zero attached hydrogens (tertiary/aromatic N) is 2. The highest BCUT2D eigenvalue weighted by Crippen LogP contribution is 2.20. The molecule has 0 radical (unpaired) electrons. The molecule has 0 aliphatic rings. The second-order valence-corrected chi connectivity index (χ2v) is 4.01. The van der Waals surface area contributed by atoms with Gasteiger partial charge < -0.3 is 14.8 Å². The van der Waals surface area contributed by atoms with Gasteiger partial charge in [0.25, 0.3) is 0 Å². The average molecular weight is 269 g/mol. The van der Waals surface area contributed by atoms with E-state index in [0.717, 1.165) is 11.4 Å². The Balaban J connectivity index is 2.05. The Labute approximate surface area is 117 Å². The van der Waals surface area contributed by atoms with Gasteiger partial charge >= 0.3 is 0 Å². The van der Waals surface area contributed by atoms with Crippen LogP contribution in [0.1, 0.15) is 5.69 Å². The fraction of sp³-hybridized carbons (Fsp3) is 0.200. The number of methoxy groups -OCH3 is 1. The largest absolute Gasteiger partial charge is 0.491 e. The molecule has 2 aromatic rings. The van der Waals surface area contributed by atoms with Crippen molar-refractivity contribution in [2.45, 2.75) is 0 Å². The van der Waals surface area contributed by atoms with Gasteiger partial charge in [-0.05, 0) is 24.3 Å². The molecule has 0 atom stereocenters. The minimum absolute atomic E-state index is 0.377. The van der Waals surface area contributed by atoms with Crippen LogP contribution in [0.25, 0.3) is 0 Å². The summed E-state index contributed by atoms with van der Waals surface area (Å²) < 4.78 is 10.5. The van der Waals surface area contributed by atoms with Crippen molar-refractivity contribution in [2.24, 2.45) is 0 Å². The first-order valence-electron chi connectivity index (χ1n) is 6.18. The standard InChI is InChI=1S/C15H15N3O2/c1-19-8-9-20-14-6-2-4-12(10-14)17-15-7-3-5-13(11-16)18-15/h2-7,10H,8-9H2,1H3,(H,17,18). The van der Waals surface area contributed by atoms with Crippen LogP contribution in [-0.2, 0) is 4.74 Å². The molecule has 0 bridgehead atoms. The van der Waals surface area contributed by atoms with Crippen LogP contribution >= 0.6 is 0 Å². The molecule has 102 valence electrons.